The number of carbonyl (C=O) groups is 2. The molecule has 5 nitrogen and oxygen atoms in total. The fourth-order valence-electron chi connectivity index (χ4n) is 6.48. The Bertz CT molecular complexity index is 601. The fourth-order valence-corrected chi connectivity index (χ4v) is 6.48. The second-order valence-corrected chi connectivity index (χ2v) is 10.8. The Labute approximate surface area is 176 Å². The highest BCUT2D eigenvalue weighted by Gasteiger charge is 2.44. The molecule has 3 atom stereocenters. The lowest BCUT2D eigenvalue weighted by atomic mass is 9.65. The first-order valence-electron chi connectivity index (χ1n) is 12.0. The van der Waals surface area contributed by atoms with E-state index >= 15 is 0 Å². The van der Waals surface area contributed by atoms with Crippen LogP contribution < -0.4 is 0 Å². The van der Waals surface area contributed by atoms with Gasteiger partial charge in [-0.25, -0.2) is 0 Å². The van der Waals surface area contributed by atoms with Crippen LogP contribution in [0.5, 0.6) is 0 Å². The van der Waals surface area contributed by atoms with Crippen LogP contribution in [0.3, 0.4) is 0 Å². The van der Waals surface area contributed by atoms with Crippen LogP contribution in [0.2, 0.25) is 0 Å². The maximum absolute atomic E-state index is 13.1. The summed E-state index contributed by atoms with van der Waals surface area (Å²) in [5, 5.41) is 0. The van der Waals surface area contributed by atoms with Gasteiger partial charge in [0.1, 0.15) is 0 Å². The van der Waals surface area contributed by atoms with Crippen molar-refractivity contribution >= 4 is 11.8 Å². The Morgan fingerprint density at radius 2 is 1.48 bits per heavy atom. The third-order valence-electron chi connectivity index (χ3n) is 8.46. The molecule has 0 aromatic rings. The zero-order chi connectivity index (χ0) is 20.6. The van der Waals surface area contributed by atoms with Crippen molar-refractivity contribution in [2.75, 3.05) is 39.4 Å². The van der Waals surface area contributed by atoms with Gasteiger partial charge < -0.3 is 14.5 Å². The van der Waals surface area contributed by atoms with Crippen LogP contribution in [0.4, 0.5) is 0 Å². The van der Waals surface area contributed by atoms with Crippen LogP contribution in [-0.2, 0) is 14.3 Å². The monoisotopic (exact) mass is 404 g/mol. The number of rotatable bonds is 3. The second-order valence-electron chi connectivity index (χ2n) is 10.8. The van der Waals surface area contributed by atoms with E-state index in [4.69, 9.17) is 4.74 Å². The molecule has 0 spiro atoms. The van der Waals surface area contributed by atoms with Gasteiger partial charge in [0.05, 0.1) is 18.6 Å². The molecule has 2 aliphatic carbocycles. The van der Waals surface area contributed by atoms with E-state index < -0.39 is 0 Å². The van der Waals surface area contributed by atoms with Crippen molar-refractivity contribution in [3.63, 3.8) is 0 Å². The van der Waals surface area contributed by atoms with E-state index in [-0.39, 0.29) is 17.2 Å². The van der Waals surface area contributed by atoms with Crippen molar-refractivity contribution in [2.24, 2.45) is 35.0 Å². The van der Waals surface area contributed by atoms with Crippen LogP contribution in [0, 0.1) is 35.0 Å². The summed E-state index contributed by atoms with van der Waals surface area (Å²) in [6, 6.07) is 0. The van der Waals surface area contributed by atoms with Gasteiger partial charge in [-0.2, -0.15) is 0 Å². The Morgan fingerprint density at radius 1 is 0.862 bits per heavy atom. The van der Waals surface area contributed by atoms with Crippen LogP contribution in [-0.4, -0.2) is 61.0 Å². The third kappa shape index (κ3) is 4.35. The zero-order valence-electron chi connectivity index (χ0n) is 18.7. The van der Waals surface area contributed by atoms with Crippen molar-refractivity contribution in [1.29, 1.82) is 0 Å². The summed E-state index contributed by atoms with van der Waals surface area (Å²) in [5.41, 5.74) is -0.335. The molecular weight excluding hydrogens is 364 g/mol. The highest BCUT2D eigenvalue weighted by Crippen LogP contribution is 2.44. The van der Waals surface area contributed by atoms with Gasteiger partial charge in [-0.3, -0.25) is 9.59 Å². The van der Waals surface area contributed by atoms with Gasteiger partial charge in [-0.1, -0.05) is 20.3 Å². The summed E-state index contributed by atoms with van der Waals surface area (Å²) in [6.45, 7) is 10.6. The molecule has 4 aliphatic rings. The smallest absolute Gasteiger partial charge is 0.233 e. The minimum Gasteiger partial charge on any atom is -0.379 e. The van der Waals surface area contributed by atoms with Gasteiger partial charge in [0, 0.05) is 32.1 Å². The molecule has 2 saturated heterocycles. The molecule has 2 amide bonds. The van der Waals surface area contributed by atoms with Gasteiger partial charge in [0.2, 0.25) is 11.8 Å². The van der Waals surface area contributed by atoms with Crippen molar-refractivity contribution in [2.45, 2.75) is 65.7 Å². The summed E-state index contributed by atoms with van der Waals surface area (Å²) in [7, 11) is 0. The molecule has 5 heteroatoms. The molecule has 2 heterocycles. The van der Waals surface area contributed by atoms with E-state index in [9.17, 15) is 9.59 Å². The van der Waals surface area contributed by atoms with E-state index in [1.54, 1.807) is 0 Å². The van der Waals surface area contributed by atoms with Crippen LogP contribution >= 0.6 is 0 Å². The SMILES string of the molecule is CC1CCC(C2CCC(C(=O)N3CCN(C(=O)C4(C)COC4)CC3)CC2)C(C)C1. The van der Waals surface area contributed by atoms with Gasteiger partial charge in [0.15, 0.2) is 0 Å². The topological polar surface area (TPSA) is 49.9 Å². The number of hydrogen-bond donors (Lipinski definition) is 0. The second kappa shape index (κ2) is 8.56. The number of carbonyl (C=O) groups excluding carboxylic acids is 2. The minimum atomic E-state index is -0.335. The van der Waals surface area contributed by atoms with Crippen molar-refractivity contribution < 1.29 is 14.3 Å². The minimum absolute atomic E-state index is 0.201. The largest absolute Gasteiger partial charge is 0.379 e. The first-order valence-corrected chi connectivity index (χ1v) is 12.0. The molecule has 164 valence electrons. The van der Waals surface area contributed by atoms with E-state index in [0.717, 1.165) is 36.5 Å². The summed E-state index contributed by atoms with van der Waals surface area (Å²) in [5.74, 6) is 4.22. The normalized spacial score (nSPS) is 37.7. The predicted molar refractivity (Wildman–Crippen MR) is 113 cm³/mol. The molecule has 0 N–H and O–H groups in total. The number of ether oxygens (including phenoxy) is 1. The van der Waals surface area contributed by atoms with Crippen molar-refractivity contribution in [1.82, 2.24) is 9.80 Å². The Morgan fingerprint density at radius 3 is 2.03 bits per heavy atom. The number of hydrogen-bond acceptors (Lipinski definition) is 3. The molecule has 2 aliphatic heterocycles. The fraction of sp³-hybridized carbons (Fsp3) is 0.917. The highest BCUT2D eigenvalue weighted by atomic mass is 16.5. The third-order valence-corrected chi connectivity index (χ3v) is 8.46. The molecule has 29 heavy (non-hydrogen) atoms. The lowest BCUT2D eigenvalue weighted by molar-refractivity contribution is -0.171. The summed E-state index contributed by atoms with van der Waals surface area (Å²) in [4.78, 5) is 29.7. The Kier molecular flexibility index (Phi) is 6.24. The summed E-state index contributed by atoms with van der Waals surface area (Å²) >= 11 is 0. The molecule has 4 fully saturated rings. The molecule has 2 saturated carbocycles. The van der Waals surface area contributed by atoms with Crippen molar-refractivity contribution in [3.05, 3.63) is 0 Å². The van der Waals surface area contributed by atoms with E-state index in [1.165, 1.54) is 32.1 Å². The van der Waals surface area contributed by atoms with Crippen LogP contribution in [0.25, 0.3) is 0 Å². The summed E-state index contributed by atoms with van der Waals surface area (Å²) in [6.07, 6.45) is 8.77. The lowest BCUT2D eigenvalue weighted by Gasteiger charge is -2.44. The van der Waals surface area contributed by atoms with Crippen LogP contribution in [0.1, 0.15) is 65.7 Å². The van der Waals surface area contributed by atoms with Gasteiger partial charge in [0.25, 0.3) is 0 Å². The quantitative estimate of drug-likeness (QED) is 0.722. The van der Waals surface area contributed by atoms with Gasteiger partial charge in [-0.15, -0.1) is 0 Å². The van der Waals surface area contributed by atoms with Gasteiger partial charge >= 0.3 is 0 Å². The number of nitrogens with zero attached hydrogens (tertiary/aromatic N) is 2. The molecule has 0 aromatic heterocycles. The average Bonchev–Trinajstić information content (AvgIpc) is 2.71. The number of piperazine rings is 1. The van der Waals surface area contributed by atoms with Crippen LogP contribution in [0.15, 0.2) is 0 Å². The first kappa shape index (κ1) is 21.1. The standard InChI is InChI=1S/C24H40N2O3/c1-17-4-9-21(18(2)14-17)19-5-7-20(8-6-19)22(27)25-10-12-26(13-11-25)23(28)24(3)15-29-16-24/h17-21H,4-16H2,1-3H3. The molecule has 0 aromatic carbocycles. The average molecular weight is 405 g/mol. The maximum atomic E-state index is 13.1. The lowest BCUT2D eigenvalue weighted by Crippen LogP contribution is -2.59. The molecular formula is C24H40N2O3. The Hall–Kier alpha value is -1.10. The highest BCUT2D eigenvalue weighted by molar-refractivity contribution is 5.84. The van der Waals surface area contributed by atoms with Gasteiger partial charge in [-0.05, 0) is 69.1 Å². The predicted octanol–water partition coefficient (Wildman–Crippen LogP) is 3.57. The number of amides is 2. The molecule has 4 rings (SSSR count). The molecule has 0 radical (unpaired) electrons. The molecule has 0 bridgehead atoms. The van der Waals surface area contributed by atoms with E-state index in [1.807, 2.05) is 16.7 Å². The zero-order valence-corrected chi connectivity index (χ0v) is 18.7. The van der Waals surface area contributed by atoms with Crippen molar-refractivity contribution in [3.8, 4) is 0 Å². The Balaban J connectivity index is 1.23. The van der Waals surface area contributed by atoms with E-state index in [2.05, 4.69) is 13.8 Å². The summed E-state index contributed by atoms with van der Waals surface area (Å²) < 4.78 is 5.24. The maximum Gasteiger partial charge on any atom is 0.233 e. The first-order chi connectivity index (χ1) is 13.9. The van der Waals surface area contributed by atoms with E-state index in [0.29, 0.717) is 45.3 Å². The molecule has 3 unspecified atom stereocenters.